The van der Waals surface area contributed by atoms with Crippen molar-refractivity contribution in [3.8, 4) is 0 Å². The van der Waals surface area contributed by atoms with Crippen LogP contribution in [0, 0.1) is 0 Å². The van der Waals surface area contributed by atoms with Crippen LogP contribution in [-0.4, -0.2) is 22.1 Å². The summed E-state index contributed by atoms with van der Waals surface area (Å²) in [6, 6.07) is 5.31. The number of carboxylic acids is 1. The number of anilines is 1. The van der Waals surface area contributed by atoms with Crippen LogP contribution < -0.4 is 5.32 Å². The third kappa shape index (κ3) is 2.87. The van der Waals surface area contributed by atoms with Gasteiger partial charge in [-0.05, 0) is 30.0 Å². The van der Waals surface area contributed by atoms with Gasteiger partial charge in [-0.15, -0.1) is 0 Å². The topological polar surface area (TPSA) is 86.6 Å². The number of carbonyl (C=O) groups excluding carboxylic acids is 1. The third-order valence-electron chi connectivity index (χ3n) is 3.04. The number of aliphatic carboxylic acids is 1. The van der Waals surface area contributed by atoms with E-state index in [1.165, 1.54) is 0 Å². The molecule has 1 heterocycles. The van der Waals surface area contributed by atoms with E-state index in [1.54, 1.807) is 12.1 Å². The lowest BCUT2D eigenvalue weighted by atomic mass is 9.97. The van der Waals surface area contributed by atoms with Gasteiger partial charge in [0, 0.05) is 18.5 Å². The zero-order valence-electron chi connectivity index (χ0n) is 9.85. The van der Waals surface area contributed by atoms with Gasteiger partial charge in [0.2, 0.25) is 5.91 Å². The number of carboxylic acid groups (broad SMARTS) is 1. The molecular formula is C13H15NO4. The van der Waals surface area contributed by atoms with E-state index in [0.717, 1.165) is 11.3 Å². The molecule has 0 aliphatic carbocycles. The molecule has 1 aromatic rings. The van der Waals surface area contributed by atoms with Gasteiger partial charge in [0.25, 0.3) is 0 Å². The first-order valence-electron chi connectivity index (χ1n) is 5.89. The highest BCUT2D eigenvalue weighted by molar-refractivity contribution is 5.93. The summed E-state index contributed by atoms with van der Waals surface area (Å²) < 4.78 is 0. The Kier molecular flexibility index (Phi) is 3.62. The Bertz CT molecular complexity index is 484. The second-order valence-electron chi connectivity index (χ2n) is 4.41. The lowest BCUT2D eigenvalue weighted by molar-refractivity contribution is -0.137. The van der Waals surface area contributed by atoms with Crippen LogP contribution in [0.4, 0.5) is 5.69 Å². The van der Waals surface area contributed by atoms with E-state index in [0.29, 0.717) is 18.4 Å². The fourth-order valence-corrected chi connectivity index (χ4v) is 2.04. The minimum absolute atomic E-state index is 0.00155. The van der Waals surface area contributed by atoms with E-state index in [9.17, 15) is 14.7 Å². The summed E-state index contributed by atoms with van der Waals surface area (Å²) in [7, 11) is 0. The molecule has 5 heteroatoms. The van der Waals surface area contributed by atoms with Crippen molar-refractivity contribution >= 4 is 17.6 Å². The first-order chi connectivity index (χ1) is 8.56. The van der Waals surface area contributed by atoms with Crippen LogP contribution in [0.2, 0.25) is 0 Å². The average Bonchev–Trinajstić information content (AvgIpc) is 2.35. The highest BCUT2D eigenvalue weighted by Gasteiger charge is 2.17. The second-order valence-corrected chi connectivity index (χ2v) is 4.41. The Morgan fingerprint density at radius 2 is 2.17 bits per heavy atom. The van der Waals surface area contributed by atoms with Crippen molar-refractivity contribution in [2.75, 3.05) is 5.32 Å². The van der Waals surface area contributed by atoms with E-state index in [4.69, 9.17) is 5.11 Å². The zero-order valence-corrected chi connectivity index (χ0v) is 9.85. The molecule has 1 aliphatic heterocycles. The van der Waals surface area contributed by atoms with Gasteiger partial charge in [-0.3, -0.25) is 9.59 Å². The van der Waals surface area contributed by atoms with Crippen LogP contribution in [-0.2, 0) is 16.0 Å². The average molecular weight is 249 g/mol. The number of amides is 1. The van der Waals surface area contributed by atoms with Crippen LogP contribution in [0.15, 0.2) is 18.2 Å². The Hall–Kier alpha value is -1.88. The van der Waals surface area contributed by atoms with Crippen molar-refractivity contribution < 1.29 is 19.8 Å². The molecule has 2 rings (SSSR count). The molecule has 0 unspecified atom stereocenters. The molecule has 18 heavy (non-hydrogen) atoms. The fraction of sp³-hybridized carbons (Fsp3) is 0.385. The Morgan fingerprint density at radius 1 is 1.39 bits per heavy atom. The number of aliphatic hydroxyl groups is 1. The number of carbonyl (C=O) groups is 2. The summed E-state index contributed by atoms with van der Waals surface area (Å²) in [6.45, 7) is 0. The standard InChI is InChI=1S/C13H15NO4/c15-11(4-6-13(17)18)9-1-3-10-8(7-9)2-5-12(16)14-10/h1,3,7,11,15H,2,4-6H2,(H,14,16)(H,17,18)/t11-/m1/s1. The largest absolute Gasteiger partial charge is 0.481 e. The molecule has 1 aromatic carbocycles. The molecule has 5 nitrogen and oxygen atoms in total. The van der Waals surface area contributed by atoms with Crippen LogP contribution in [0.25, 0.3) is 0 Å². The SMILES string of the molecule is O=C(O)CC[C@@H](O)c1ccc2c(c1)CCC(=O)N2. The quantitative estimate of drug-likeness (QED) is 0.754. The Labute approximate surface area is 104 Å². The van der Waals surface area contributed by atoms with Crippen molar-refractivity contribution in [3.63, 3.8) is 0 Å². The molecule has 1 aliphatic rings. The Balaban J connectivity index is 2.11. The minimum Gasteiger partial charge on any atom is -0.481 e. The monoisotopic (exact) mass is 249 g/mol. The van der Waals surface area contributed by atoms with Gasteiger partial charge < -0.3 is 15.5 Å². The van der Waals surface area contributed by atoms with Crippen LogP contribution in [0.5, 0.6) is 0 Å². The smallest absolute Gasteiger partial charge is 0.303 e. The normalized spacial score (nSPS) is 15.7. The van der Waals surface area contributed by atoms with E-state index < -0.39 is 12.1 Å². The van der Waals surface area contributed by atoms with E-state index in [2.05, 4.69) is 5.32 Å². The first-order valence-corrected chi connectivity index (χ1v) is 5.89. The number of aliphatic hydroxyl groups excluding tert-OH is 1. The summed E-state index contributed by atoms with van der Waals surface area (Å²) in [5.74, 6) is -0.916. The lowest BCUT2D eigenvalue weighted by Gasteiger charge is -2.19. The summed E-state index contributed by atoms with van der Waals surface area (Å²) >= 11 is 0. The predicted octanol–water partition coefficient (Wildman–Crippen LogP) is 1.47. The van der Waals surface area contributed by atoms with E-state index in [-0.39, 0.29) is 18.7 Å². The maximum atomic E-state index is 11.2. The maximum absolute atomic E-state index is 11.2. The van der Waals surface area contributed by atoms with Crippen LogP contribution >= 0.6 is 0 Å². The number of hydrogen-bond acceptors (Lipinski definition) is 3. The molecule has 0 spiro atoms. The predicted molar refractivity (Wildman–Crippen MR) is 65.2 cm³/mol. The van der Waals surface area contributed by atoms with Crippen LogP contribution in [0.3, 0.4) is 0 Å². The van der Waals surface area contributed by atoms with Crippen molar-refractivity contribution in [3.05, 3.63) is 29.3 Å². The van der Waals surface area contributed by atoms with Crippen molar-refractivity contribution in [1.29, 1.82) is 0 Å². The molecule has 1 amide bonds. The van der Waals surface area contributed by atoms with E-state index in [1.807, 2.05) is 6.07 Å². The van der Waals surface area contributed by atoms with Gasteiger partial charge in [-0.1, -0.05) is 12.1 Å². The van der Waals surface area contributed by atoms with Crippen LogP contribution in [0.1, 0.15) is 36.5 Å². The molecular weight excluding hydrogens is 234 g/mol. The van der Waals surface area contributed by atoms with Gasteiger partial charge in [0.15, 0.2) is 0 Å². The molecule has 0 saturated carbocycles. The number of nitrogens with one attached hydrogen (secondary N) is 1. The van der Waals surface area contributed by atoms with Crippen molar-refractivity contribution in [2.24, 2.45) is 0 Å². The number of aryl methyl sites for hydroxylation is 1. The van der Waals surface area contributed by atoms with Gasteiger partial charge in [-0.25, -0.2) is 0 Å². The third-order valence-corrected chi connectivity index (χ3v) is 3.04. The molecule has 0 radical (unpaired) electrons. The van der Waals surface area contributed by atoms with Crippen molar-refractivity contribution in [2.45, 2.75) is 31.8 Å². The first kappa shape index (κ1) is 12.6. The minimum atomic E-state index is -0.917. The number of benzene rings is 1. The van der Waals surface area contributed by atoms with Gasteiger partial charge in [0.1, 0.15) is 0 Å². The molecule has 0 aromatic heterocycles. The van der Waals surface area contributed by atoms with Crippen molar-refractivity contribution in [1.82, 2.24) is 0 Å². The number of fused-ring (bicyclic) bond motifs is 1. The summed E-state index contributed by atoms with van der Waals surface area (Å²) in [5, 5.41) is 21.2. The zero-order chi connectivity index (χ0) is 13.1. The summed E-state index contributed by atoms with van der Waals surface area (Å²) in [4.78, 5) is 21.6. The summed E-state index contributed by atoms with van der Waals surface area (Å²) in [5.41, 5.74) is 2.47. The summed E-state index contributed by atoms with van der Waals surface area (Å²) in [6.07, 6.45) is 0.460. The van der Waals surface area contributed by atoms with Gasteiger partial charge in [-0.2, -0.15) is 0 Å². The second kappa shape index (κ2) is 5.18. The fourth-order valence-electron chi connectivity index (χ4n) is 2.04. The van der Waals surface area contributed by atoms with Gasteiger partial charge >= 0.3 is 5.97 Å². The van der Waals surface area contributed by atoms with Gasteiger partial charge in [0.05, 0.1) is 6.10 Å². The number of rotatable bonds is 4. The Morgan fingerprint density at radius 3 is 2.89 bits per heavy atom. The molecule has 96 valence electrons. The lowest BCUT2D eigenvalue weighted by Crippen LogP contribution is -2.19. The molecule has 0 bridgehead atoms. The maximum Gasteiger partial charge on any atom is 0.303 e. The molecule has 0 saturated heterocycles. The van der Waals surface area contributed by atoms with E-state index >= 15 is 0 Å². The molecule has 1 atom stereocenters. The number of hydrogen-bond donors (Lipinski definition) is 3. The highest BCUT2D eigenvalue weighted by Crippen LogP contribution is 2.27. The molecule has 0 fully saturated rings. The molecule has 3 N–H and O–H groups in total. The highest BCUT2D eigenvalue weighted by atomic mass is 16.4.